The average molecular weight is 364 g/mol. The molecule has 0 bridgehead atoms. The molecule has 0 spiro atoms. The van der Waals surface area contributed by atoms with Crippen molar-refractivity contribution in [2.75, 3.05) is 13.2 Å². The van der Waals surface area contributed by atoms with E-state index < -0.39 is 0 Å². The number of aromatic nitrogens is 1. The topological polar surface area (TPSA) is 31.4 Å². The molecule has 0 aliphatic rings. The first-order valence-corrected chi connectivity index (χ1v) is 9.70. The highest BCUT2D eigenvalue weighted by Gasteiger charge is 2.15. The zero-order valence-electron chi connectivity index (χ0n) is 17.0. The molecule has 3 rings (SSSR count). The summed E-state index contributed by atoms with van der Waals surface area (Å²) in [7, 11) is 0. The second-order valence-corrected chi connectivity index (χ2v) is 7.88. The van der Waals surface area contributed by atoms with E-state index in [0.717, 1.165) is 33.7 Å². The van der Waals surface area contributed by atoms with Gasteiger partial charge in [0.15, 0.2) is 0 Å². The van der Waals surface area contributed by atoms with Gasteiger partial charge >= 0.3 is 0 Å². The molecule has 0 amide bonds. The van der Waals surface area contributed by atoms with Gasteiger partial charge in [0, 0.05) is 28.8 Å². The summed E-state index contributed by atoms with van der Waals surface area (Å²) in [6.45, 7) is 12.1. The van der Waals surface area contributed by atoms with Crippen LogP contribution in [0.5, 0.6) is 11.5 Å². The zero-order valence-corrected chi connectivity index (χ0v) is 17.0. The van der Waals surface area contributed by atoms with Gasteiger partial charge in [-0.25, -0.2) is 0 Å². The lowest BCUT2D eigenvalue weighted by Crippen LogP contribution is -2.08. The fraction of sp³-hybridized carbons (Fsp3) is 0.375. The number of nitrogens with zero attached hydrogens (tertiary/aromatic N) is 1. The smallest absolute Gasteiger partial charge is 0.126 e. The minimum absolute atomic E-state index is 0.462. The van der Waals surface area contributed by atoms with Gasteiger partial charge in [0.1, 0.15) is 11.5 Å². The van der Waals surface area contributed by atoms with E-state index in [2.05, 4.69) is 65.0 Å². The minimum atomic E-state index is 0.462. The molecule has 27 heavy (non-hydrogen) atoms. The predicted molar refractivity (Wildman–Crippen MR) is 113 cm³/mol. The molecule has 0 fully saturated rings. The maximum Gasteiger partial charge on any atom is 0.126 e. The molecule has 0 N–H and O–H groups in total. The van der Waals surface area contributed by atoms with Crippen LogP contribution in [0.25, 0.3) is 22.0 Å². The standard InChI is InChI=1S/C24H29NO2/c1-16(2)14-26-20-12-22(18(5)23(13-20)27-15-17(3)4)24-21-9-7-6-8-19(21)10-11-25-24/h6-13,16-17H,14-15H2,1-5H3. The molecular formula is C24H29NO2. The molecule has 0 saturated carbocycles. The van der Waals surface area contributed by atoms with Crippen molar-refractivity contribution in [1.82, 2.24) is 4.98 Å². The molecule has 142 valence electrons. The van der Waals surface area contributed by atoms with Crippen LogP contribution in [0.1, 0.15) is 33.3 Å². The molecule has 0 unspecified atom stereocenters. The Morgan fingerprint density at radius 2 is 1.59 bits per heavy atom. The predicted octanol–water partition coefficient (Wildman–Crippen LogP) is 6.28. The molecule has 0 radical (unpaired) electrons. The monoisotopic (exact) mass is 363 g/mol. The number of benzene rings is 2. The number of fused-ring (bicyclic) bond motifs is 1. The van der Waals surface area contributed by atoms with Crippen molar-refractivity contribution in [2.45, 2.75) is 34.6 Å². The van der Waals surface area contributed by atoms with Gasteiger partial charge < -0.3 is 9.47 Å². The molecule has 0 atom stereocenters. The Bertz CT molecular complexity index is 910. The number of pyridine rings is 1. The average Bonchev–Trinajstić information content (AvgIpc) is 2.65. The minimum Gasteiger partial charge on any atom is -0.493 e. The van der Waals surface area contributed by atoms with Crippen molar-refractivity contribution in [1.29, 1.82) is 0 Å². The summed E-state index contributed by atoms with van der Waals surface area (Å²) in [4.78, 5) is 4.70. The normalized spacial score (nSPS) is 11.4. The van der Waals surface area contributed by atoms with E-state index in [-0.39, 0.29) is 0 Å². The number of rotatable bonds is 7. The van der Waals surface area contributed by atoms with Crippen LogP contribution in [-0.2, 0) is 0 Å². The number of hydrogen-bond donors (Lipinski definition) is 0. The Kier molecular flexibility index (Phi) is 6.00. The van der Waals surface area contributed by atoms with Gasteiger partial charge in [-0.2, -0.15) is 0 Å². The molecule has 0 aliphatic heterocycles. The molecule has 0 aliphatic carbocycles. The third-order valence-electron chi connectivity index (χ3n) is 4.42. The first-order chi connectivity index (χ1) is 13.0. The van der Waals surface area contributed by atoms with Gasteiger partial charge in [-0.1, -0.05) is 52.0 Å². The van der Waals surface area contributed by atoms with E-state index in [1.807, 2.05) is 18.3 Å². The second kappa shape index (κ2) is 8.43. The Hall–Kier alpha value is -2.55. The quantitative estimate of drug-likeness (QED) is 0.495. The summed E-state index contributed by atoms with van der Waals surface area (Å²) in [5.74, 6) is 2.63. The van der Waals surface area contributed by atoms with Crippen LogP contribution in [0, 0.1) is 18.8 Å². The van der Waals surface area contributed by atoms with Crippen molar-refractivity contribution in [3.8, 4) is 22.8 Å². The maximum absolute atomic E-state index is 6.11. The lowest BCUT2D eigenvalue weighted by Gasteiger charge is -2.18. The van der Waals surface area contributed by atoms with E-state index in [9.17, 15) is 0 Å². The van der Waals surface area contributed by atoms with Crippen LogP contribution in [-0.4, -0.2) is 18.2 Å². The molecular weight excluding hydrogens is 334 g/mol. The molecule has 3 aromatic rings. The molecule has 0 saturated heterocycles. The SMILES string of the molecule is Cc1c(OCC(C)C)cc(OCC(C)C)cc1-c1nccc2ccccc12. The largest absolute Gasteiger partial charge is 0.493 e. The van der Waals surface area contributed by atoms with E-state index in [1.54, 1.807) is 0 Å². The Balaban J connectivity index is 2.11. The summed E-state index contributed by atoms with van der Waals surface area (Å²) in [6, 6.07) is 14.5. The molecule has 3 nitrogen and oxygen atoms in total. The summed E-state index contributed by atoms with van der Waals surface area (Å²) in [6.07, 6.45) is 1.87. The van der Waals surface area contributed by atoms with Crippen molar-refractivity contribution in [2.24, 2.45) is 11.8 Å². The Labute approximate surface area is 162 Å². The molecule has 1 heterocycles. The zero-order chi connectivity index (χ0) is 19.4. The van der Waals surface area contributed by atoms with Gasteiger partial charge in [-0.3, -0.25) is 4.98 Å². The fourth-order valence-electron chi connectivity index (χ4n) is 3.00. The highest BCUT2D eigenvalue weighted by atomic mass is 16.5. The molecule has 2 aromatic carbocycles. The second-order valence-electron chi connectivity index (χ2n) is 7.88. The van der Waals surface area contributed by atoms with Crippen LogP contribution < -0.4 is 9.47 Å². The van der Waals surface area contributed by atoms with E-state index in [0.29, 0.717) is 25.0 Å². The number of hydrogen-bond acceptors (Lipinski definition) is 3. The maximum atomic E-state index is 6.11. The summed E-state index contributed by atoms with van der Waals surface area (Å²) < 4.78 is 12.1. The van der Waals surface area contributed by atoms with Crippen LogP contribution >= 0.6 is 0 Å². The van der Waals surface area contributed by atoms with E-state index in [4.69, 9.17) is 14.5 Å². The summed E-state index contributed by atoms with van der Waals surface area (Å²) in [5.41, 5.74) is 3.12. The number of ether oxygens (including phenoxy) is 2. The van der Waals surface area contributed by atoms with Gasteiger partial charge in [0.05, 0.1) is 18.9 Å². The third kappa shape index (κ3) is 4.60. The van der Waals surface area contributed by atoms with Crippen LogP contribution in [0.2, 0.25) is 0 Å². The van der Waals surface area contributed by atoms with Gasteiger partial charge in [0.2, 0.25) is 0 Å². The summed E-state index contributed by atoms with van der Waals surface area (Å²) >= 11 is 0. The van der Waals surface area contributed by atoms with Crippen molar-refractivity contribution < 1.29 is 9.47 Å². The Morgan fingerprint density at radius 3 is 2.33 bits per heavy atom. The van der Waals surface area contributed by atoms with E-state index >= 15 is 0 Å². The van der Waals surface area contributed by atoms with Crippen LogP contribution in [0.15, 0.2) is 48.7 Å². The lowest BCUT2D eigenvalue weighted by atomic mass is 9.99. The molecule has 3 heteroatoms. The van der Waals surface area contributed by atoms with Crippen molar-refractivity contribution >= 4 is 10.8 Å². The van der Waals surface area contributed by atoms with Gasteiger partial charge in [-0.15, -0.1) is 0 Å². The van der Waals surface area contributed by atoms with Crippen molar-refractivity contribution in [3.05, 3.63) is 54.2 Å². The fourth-order valence-corrected chi connectivity index (χ4v) is 3.00. The third-order valence-corrected chi connectivity index (χ3v) is 4.42. The highest BCUT2D eigenvalue weighted by molar-refractivity contribution is 5.95. The van der Waals surface area contributed by atoms with Gasteiger partial charge in [0.25, 0.3) is 0 Å². The molecule has 1 aromatic heterocycles. The van der Waals surface area contributed by atoms with Gasteiger partial charge in [-0.05, 0) is 36.3 Å². The Morgan fingerprint density at radius 1 is 0.889 bits per heavy atom. The highest BCUT2D eigenvalue weighted by Crippen LogP contribution is 2.37. The first-order valence-electron chi connectivity index (χ1n) is 9.70. The summed E-state index contributed by atoms with van der Waals surface area (Å²) in [5, 5.41) is 2.32. The van der Waals surface area contributed by atoms with Crippen LogP contribution in [0.3, 0.4) is 0 Å². The van der Waals surface area contributed by atoms with E-state index in [1.165, 1.54) is 5.39 Å². The lowest BCUT2D eigenvalue weighted by molar-refractivity contribution is 0.257. The van der Waals surface area contributed by atoms with Crippen molar-refractivity contribution in [3.63, 3.8) is 0 Å². The van der Waals surface area contributed by atoms with Crippen LogP contribution in [0.4, 0.5) is 0 Å². The first kappa shape index (κ1) is 19.2.